The van der Waals surface area contributed by atoms with Crippen molar-refractivity contribution in [2.24, 2.45) is 0 Å². The summed E-state index contributed by atoms with van der Waals surface area (Å²) in [6, 6.07) is 16.1. The predicted octanol–water partition coefficient (Wildman–Crippen LogP) is 4.08. The summed E-state index contributed by atoms with van der Waals surface area (Å²) in [7, 11) is 0. The zero-order valence-corrected chi connectivity index (χ0v) is 13.4. The van der Waals surface area contributed by atoms with E-state index in [1.165, 1.54) is 11.1 Å². The van der Waals surface area contributed by atoms with Crippen molar-refractivity contribution in [3.05, 3.63) is 59.7 Å². The van der Waals surface area contributed by atoms with E-state index >= 15 is 0 Å². The first-order chi connectivity index (χ1) is 10.7. The molecule has 0 bridgehead atoms. The first-order valence-corrected chi connectivity index (χ1v) is 8.48. The van der Waals surface area contributed by atoms with Gasteiger partial charge >= 0.3 is 0 Å². The zero-order valence-electron chi connectivity index (χ0n) is 12.5. The number of thioether (sulfide) groups is 1. The second-order valence-electron chi connectivity index (χ2n) is 5.40. The molecule has 1 aliphatic rings. The highest BCUT2D eigenvalue weighted by Gasteiger charge is 2.19. The highest BCUT2D eigenvalue weighted by Crippen LogP contribution is 2.34. The minimum absolute atomic E-state index is 0.134. The fourth-order valence-electron chi connectivity index (χ4n) is 2.40. The van der Waals surface area contributed by atoms with Gasteiger partial charge in [0.2, 0.25) is 5.91 Å². The molecule has 2 aromatic rings. The van der Waals surface area contributed by atoms with Crippen molar-refractivity contribution < 1.29 is 9.53 Å². The maximum atomic E-state index is 11.7. The number of amides is 1. The smallest absolute Gasteiger partial charge is 0.221 e. The van der Waals surface area contributed by atoms with Crippen molar-refractivity contribution in [2.75, 3.05) is 12.3 Å². The second-order valence-corrected chi connectivity index (χ2v) is 6.71. The summed E-state index contributed by atoms with van der Waals surface area (Å²) >= 11 is 1.83. The van der Waals surface area contributed by atoms with Crippen molar-refractivity contribution in [3.8, 4) is 11.5 Å². The van der Waals surface area contributed by atoms with Gasteiger partial charge in [0, 0.05) is 24.0 Å². The number of hydrogen-bond acceptors (Lipinski definition) is 3. The van der Waals surface area contributed by atoms with Crippen molar-refractivity contribution >= 4 is 17.7 Å². The summed E-state index contributed by atoms with van der Waals surface area (Å²) in [5, 5.41) is 3.14. The molecule has 1 saturated heterocycles. The molecule has 1 heterocycles. The van der Waals surface area contributed by atoms with E-state index in [1.54, 1.807) is 0 Å². The standard InChI is InChI=1S/C18H19NO2S/c1-13-2-6-15(7-3-13)21-16-8-4-14(5-9-16)17-12-18(20)19-10-11-22-17/h2-9,17H,10-12H2,1H3,(H,19,20). The quantitative estimate of drug-likeness (QED) is 0.928. The van der Waals surface area contributed by atoms with Crippen molar-refractivity contribution in [1.82, 2.24) is 5.32 Å². The van der Waals surface area contributed by atoms with Crippen LogP contribution in [0, 0.1) is 6.92 Å². The summed E-state index contributed by atoms with van der Waals surface area (Å²) in [6.07, 6.45) is 0.544. The average Bonchev–Trinajstić information content (AvgIpc) is 2.75. The molecule has 3 nitrogen and oxygen atoms in total. The van der Waals surface area contributed by atoms with E-state index in [4.69, 9.17) is 4.74 Å². The maximum absolute atomic E-state index is 11.7. The maximum Gasteiger partial charge on any atom is 0.221 e. The number of aryl methyl sites for hydroxylation is 1. The second kappa shape index (κ2) is 6.88. The molecule has 1 fully saturated rings. The van der Waals surface area contributed by atoms with Gasteiger partial charge in [0.05, 0.1) is 0 Å². The molecule has 1 atom stereocenters. The van der Waals surface area contributed by atoms with Crippen molar-refractivity contribution in [2.45, 2.75) is 18.6 Å². The third-order valence-electron chi connectivity index (χ3n) is 3.62. The first-order valence-electron chi connectivity index (χ1n) is 7.43. The zero-order chi connectivity index (χ0) is 15.4. The van der Waals surface area contributed by atoms with Gasteiger partial charge in [0.1, 0.15) is 11.5 Å². The molecule has 2 aromatic carbocycles. The average molecular weight is 313 g/mol. The van der Waals surface area contributed by atoms with Crippen LogP contribution in [0.3, 0.4) is 0 Å². The topological polar surface area (TPSA) is 38.3 Å². The minimum atomic E-state index is 0.134. The Bertz CT molecular complexity index is 637. The SMILES string of the molecule is Cc1ccc(Oc2ccc(C3CC(=O)NCCS3)cc2)cc1. The van der Waals surface area contributed by atoms with Crippen LogP contribution < -0.4 is 10.1 Å². The molecule has 1 amide bonds. The van der Waals surface area contributed by atoms with E-state index in [1.807, 2.05) is 48.2 Å². The number of carbonyl (C=O) groups is 1. The molecular weight excluding hydrogens is 294 g/mol. The van der Waals surface area contributed by atoms with Crippen LogP contribution in [0.4, 0.5) is 0 Å². The van der Waals surface area contributed by atoms with Crippen LogP contribution in [0.25, 0.3) is 0 Å². The molecule has 1 unspecified atom stereocenters. The van der Waals surface area contributed by atoms with E-state index in [0.717, 1.165) is 23.8 Å². The van der Waals surface area contributed by atoms with E-state index in [-0.39, 0.29) is 11.2 Å². The predicted molar refractivity (Wildman–Crippen MR) is 90.5 cm³/mol. The summed E-state index contributed by atoms with van der Waals surface area (Å²) in [4.78, 5) is 11.7. The molecule has 0 radical (unpaired) electrons. The van der Waals surface area contributed by atoms with E-state index in [0.29, 0.717) is 6.42 Å². The lowest BCUT2D eigenvalue weighted by Crippen LogP contribution is -2.23. The number of nitrogens with one attached hydrogen (secondary N) is 1. The molecule has 114 valence electrons. The Hall–Kier alpha value is -1.94. The summed E-state index contributed by atoms with van der Waals surface area (Å²) in [5.74, 6) is 2.74. The van der Waals surface area contributed by atoms with Gasteiger partial charge in [-0.3, -0.25) is 4.79 Å². The normalized spacial score (nSPS) is 18.4. The molecule has 3 rings (SSSR count). The van der Waals surface area contributed by atoms with Gasteiger partial charge in [-0.1, -0.05) is 29.8 Å². The van der Waals surface area contributed by atoms with Gasteiger partial charge in [-0.15, -0.1) is 0 Å². The van der Waals surface area contributed by atoms with Crippen LogP contribution in [0.1, 0.15) is 22.8 Å². The van der Waals surface area contributed by atoms with Crippen LogP contribution in [-0.4, -0.2) is 18.2 Å². The molecule has 1 N–H and O–H groups in total. The molecule has 0 aliphatic carbocycles. The van der Waals surface area contributed by atoms with Gasteiger partial charge in [0.25, 0.3) is 0 Å². The van der Waals surface area contributed by atoms with Crippen LogP contribution in [0.2, 0.25) is 0 Å². The number of hydrogen-bond donors (Lipinski definition) is 1. The Morgan fingerprint density at radius 1 is 1.05 bits per heavy atom. The molecular formula is C18H19NO2S. The monoisotopic (exact) mass is 313 g/mol. The third-order valence-corrected chi connectivity index (χ3v) is 4.90. The van der Waals surface area contributed by atoms with Gasteiger partial charge in [-0.25, -0.2) is 0 Å². The fourth-order valence-corrected chi connectivity index (χ4v) is 3.52. The summed E-state index contributed by atoms with van der Waals surface area (Å²) in [5.41, 5.74) is 2.39. The minimum Gasteiger partial charge on any atom is -0.457 e. The fraction of sp³-hybridized carbons (Fsp3) is 0.278. The Morgan fingerprint density at radius 3 is 2.36 bits per heavy atom. The lowest BCUT2D eigenvalue weighted by molar-refractivity contribution is -0.120. The Balaban J connectivity index is 1.69. The van der Waals surface area contributed by atoms with Crippen molar-refractivity contribution in [3.63, 3.8) is 0 Å². The van der Waals surface area contributed by atoms with Crippen LogP contribution in [-0.2, 0) is 4.79 Å². The molecule has 1 aliphatic heterocycles. The molecule has 4 heteroatoms. The first kappa shape index (κ1) is 15.0. The van der Waals surface area contributed by atoms with E-state index in [9.17, 15) is 4.79 Å². The number of benzene rings is 2. The van der Waals surface area contributed by atoms with Crippen LogP contribution >= 0.6 is 11.8 Å². The van der Waals surface area contributed by atoms with Crippen LogP contribution in [0.5, 0.6) is 11.5 Å². The van der Waals surface area contributed by atoms with E-state index < -0.39 is 0 Å². The Labute approximate surface area is 135 Å². The Morgan fingerprint density at radius 2 is 1.68 bits per heavy atom. The van der Waals surface area contributed by atoms with Gasteiger partial charge in [-0.2, -0.15) is 11.8 Å². The summed E-state index contributed by atoms with van der Waals surface area (Å²) in [6.45, 7) is 2.81. The number of rotatable bonds is 3. The molecule has 0 saturated carbocycles. The van der Waals surface area contributed by atoms with Crippen LogP contribution in [0.15, 0.2) is 48.5 Å². The molecule has 0 aromatic heterocycles. The molecule has 22 heavy (non-hydrogen) atoms. The Kier molecular flexibility index (Phi) is 4.68. The molecule has 0 spiro atoms. The van der Waals surface area contributed by atoms with Gasteiger partial charge in [0.15, 0.2) is 0 Å². The highest BCUT2D eigenvalue weighted by atomic mass is 32.2. The highest BCUT2D eigenvalue weighted by molar-refractivity contribution is 7.99. The van der Waals surface area contributed by atoms with Gasteiger partial charge in [-0.05, 0) is 36.8 Å². The van der Waals surface area contributed by atoms with Gasteiger partial charge < -0.3 is 10.1 Å². The van der Waals surface area contributed by atoms with E-state index in [2.05, 4.69) is 24.4 Å². The largest absolute Gasteiger partial charge is 0.457 e. The summed E-state index contributed by atoms with van der Waals surface area (Å²) < 4.78 is 5.84. The number of carbonyl (C=O) groups excluding carboxylic acids is 1. The van der Waals surface area contributed by atoms with Crippen molar-refractivity contribution in [1.29, 1.82) is 0 Å². The number of ether oxygens (including phenoxy) is 1. The lowest BCUT2D eigenvalue weighted by atomic mass is 10.1. The lowest BCUT2D eigenvalue weighted by Gasteiger charge is -2.13. The third kappa shape index (κ3) is 3.83.